The highest BCUT2D eigenvalue weighted by Gasteiger charge is 2.20. The summed E-state index contributed by atoms with van der Waals surface area (Å²) in [5.74, 6) is 2.27. The van der Waals surface area contributed by atoms with Crippen molar-refractivity contribution in [2.24, 2.45) is 5.92 Å². The van der Waals surface area contributed by atoms with Crippen molar-refractivity contribution in [3.05, 3.63) is 18.0 Å². The number of nitrogens with one attached hydrogen (secondary N) is 1. The lowest BCUT2D eigenvalue weighted by molar-refractivity contribution is 0.278. The zero-order valence-corrected chi connectivity index (χ0v) is 12.8. The van der Waals surface area contributed by atoms with Crippen LogP contribution in [0.3, 0.4) is 0 Å². The Hall–Kier alpha value is -1.29. The Morgan fingerprint density at radius 2 is 2.00 bits per heavy atom. The van der Waals surface area contributed by atoms with E-state index in [1.165, 1.54) is 32.1 Å². The van der Waals surface area contributed by atoms with Crippen LogP contribution in [0.5, 0.6) is 11.5 Å². The molecule has 1 aliphatic carbocycles. The molecule has 0 unspecified atom stereocenters. The first-order valence-corrected chi connectivity index (χ1v) is 7.55. The molecule has 1 aliphatic rings. The Balaban J connectivity index is 1.96. The molecule has 1 atom stereocenters. The Labute approximate surface area is 121 Å². The fraction of sp³-hybridized carbons (Fsp3) is 0.688. The van der Waals surface area contributed by atoms with Crippen molar-refractivity contribution in [2.75, 3.05) is 14.2 Å². The number of methoxy groups -OCH3 is 2. The Morgan fingerprint density at radius 1 is 1.25 bits per heavy atom. The smallest absolute Gasteiger partial charge is 0.183 e. The van der Waals surface area contributed by atoms with Gasteiger partial charge in [-0.2, -0.15) is 0 Å². The summed E-state index contributed by atoms with van der Waals surface area (Å²) in [5, 5.41) is 3.60. The molecule has 2 rings (SSSR count). The first-order valence-electron chi connectivity index (χ1n) is 7.55. The van der Waals surface area contributed by atoms with Crippen LogP contribution in [0.15, 0.2) is 12.3 Å². The molecule has 0 bridgehead atoms. The van der Waals surface area contributed by atoms with E-state index < -0.39 is 0 Å². The van der Waals surface area contributed by atoms with Crippen LogP contribution in [0.1, 0.15) is 44.7 Å². The lowest BCUT2D eigenvalue weighted by Gasteiger charge is -2.28. The van der Waals surface area contributed by atoms with Crippen molar-refractivity contribution in [1.82, 2.24) is 10.3 Å². The maximum absolute atomic E-state index is 5.42. The fourth-order valence-electron chi connectivity index (χ4n) is 3.04. The normalized spacial score (nSPS) is 17.8. The van der Waals surface area contributed by atoms with Gasteiger partial charge in [0.15, 0.2) is 11.5 Å². The maximum Gasteiger partial charge on any atom is 0.183 e. The number of hydrogen-bond acceptors (Lipinski definition) is 4. The van der Waals surface area contributed by atoms with E-state index in [-0.39, 0.29) is 0 Å². The van der Waals surface area contributed by atoms with Crippen LogP contribution >= 0.6 is 0 Å². The van der Waals surface area contributed by atoms with Gasteiger partial charge in [-0.3, -0.25) is 4.98 Å². The van der Waals surface area contributed by atoms with E-state index in [0.717, 1.165) is 29.7 Å². The second kappa shape index (κ2) is 7.48. The van der Waals surface area contributed by atoms with Crippen LogP contribution in [0.25, 0.3) is 0 Å². The summed E-state index contributed by atoms with van der Waals surface area (Å²) in [5.41, 5.74) is 0.912. The molecule has 1 N–H and O–H groups in total. The van der Waals surface area contributed by atoms with Crippen molar-refractivity contribution in [2.45, 2.75) is 51.6 Å². The first kappa shape index (κ1) is 15.1. The van der Waals surface area contributed by atoms with Gasteiger partial charge in [0.05, 0.1) is 19.9 Å². The molecule has 1 aromatic rings. The Kier molecular flexibility index (Phi) is 5.65. The minimum absolute atomic E-state index is 0.521. The number of ether oxygens (including phenoxy) is 2. The van der Waals surface area contributed by atoms with E-state index in [0.29, 0.717) is 6.04 Å². The molecule has 0 saturated heterocycles. The van der Waals surface area contributed by atoms with E-state index in [1.54, 1.807) is 20.4 Å². The monoisotopic (exact) mass is 278 g/mol. The number of aromatic nitrogens is 1. The summed E-state index contributed by atoms with van der Waals surface area (Å²) in [7, 11) is 3.31. The molecule has 0 spiro atoms. The molecule has 0 amide bonds. The molecule has 20 heavy (non-hydrogen) atoms. The van der Waals surface area contributed by atoms with Crippen molar-refractivity contribution in [3.63, 3.8) is 0 Å². The highest BCUT2D eigenvalue weighted by Crippen LogP contribution is 2.30. The third-order valence-electron chi connectivity index (χ3n) is 4.31. The van der Waals surface area contributed by atoms with Gasteiger partial charge >= 0.3 is 0 Å². The fourth-order valence-corrected chi connectivity index (χ4v) is 3.04. The zero-order chi connectivity index (χ0) is 14.4. The van der Waals surface area contributed by atoms with Crippen molar-refractivity contribution in [1.29, 1.82) is 0 Å². The second-order valence-electron chi connectivity index (χ2n) is 5.56. The van der Waals surface area contributed by atoms with Gasteiger partial charge in [-0.05, 0) is 25.7 Å². The van der Waals surface area contributed by atoms with Crippen LogP contribution < -0.4 is 14.8 Å². The third-order valence-corrected chi connectivity index (χ3v) is 4.31. The quantitative estimate of drug-likeness (QED) is 0.868. The first-order chi connectivity index (χ1) is 9.76. The number of hydrogen-bond donors (Lipinski definition) is 1. The summed E-state index contributed by atoms with van der Waals surface area (Å²) in [6, 6.07) is 2.35. The molecule has 1 fully saturated rings. The van der Waals surface area contributed by atoms with Crippen LogP contribution in [0.4, 0.5) is 0 Å². The van der Waals surface area contributed by atoms with Gasteiger partial charge in [0.1, 0.15) is 0 Å². The maximum atomic E-state index is 5.42. The summed E-state index contributed by atoms with van der Waals surface area (Å²) < 4.78 is 10.7. The molecule has 4 heteroatoms. The van der Waals surface area contributed by atoms with E-state index in [9.17, 15) is 0 Å². The molecule has 0 aliphatic heterocycles. The van der Waals surface area contributed by atoms with Crippen molar-refractivity contribution < 1.29 is 9.47 Å². The van der Waals surface area contributed by atoms with Crippen LogP contribution in [0.2, 0.25) is 0 Å². The predicted octanol–water partition coefficient (Wildman–Crippen LogP) is 3.16. The van der Waals surface area contributed by atoms with Crippen LogP contribution in [0, 0.1) is 5.92 Å². The van der Waals surface area contributed by atoms with E-state index >= 15 is 0 Å². The molecule has 1 saturated carbocycles. The topological polar surface area (TPSA) is 43.4 Å². The van der Waals surface area contributed by atoms with E-state index in [2.05, 4.69) is 17.2 Å². The molecular formula is C16H26N2O2. The largest absolute Gasteiger partial charge is 0.493 e. The molecule has 4 nitrogen and oxygen atoms in total. The summed E-state index contributed by atoms with van der Waals surface area (Å²) >= 11 is 0. The van der Waals surface area contributed by atoms with Crippen LogP contribution in [-0.4, -0.2) is 25.2 Å². The molecule has 1 aromatic heterocycles. The Morgan fingerprint density at radius 3 is 2.65 bits per heavy atom. The highest BCUT2D eigenvalue weighted by atomic mass is 16.5. The minimum atomic E-state index is 0.521. The average Bonchev–Trinajstić information content (AvgIpc) is 2.52. The van der Waals surface area contributed by atoms with Gasteiger partial charge < -0.3 is 14.8 Å². The summed E-state index contributed by atoms with van der Waals surface area (Å²) in [6.07, 6.45) is 8.60. The van der Waals surface area contributed by atoms with Gasteiger partial charge in [-0.25, -0.2) is 0 Å². The average molecular weight is 278 g/mol. The molecule has 0 radical (unpaired) electrons. The SMILES string of the molecule is COc1ccnc(CN[C@H](C)C2CCCCC2)c1OC. The van der Waals surface area contributed by atoms with Crippen molar-refractivity contribution in [3.8, 4) is 11.5 Å². The lowest BCUT2D eigenvalue weighted by atomic mass is 9.84. The number of nitrogens with zero attached hydrogens (tertiary/aromatic N) is 1. The highest BCUT2D eigenvalue weighted by molar-refractivity contribution is 5.42. The standard InChI is InChI=1S/C16H26N2O2/c1-12(13-7-5-4-6-8-13)18-11-14-16(20-3)15(19-2)9-10-17-14/h9-10,12-13,18H,4-8,11H2,1-3H3/t12-/m1/s1. The van der Waals surface area contributed by atoms with Gasteiger partial charge in [-0.15, -0.1) is 0 Å². The second-order valence-corrected chi connectivity index (χ2v) is 5.56. The summed E-state index contributed by atoms with van der Waals surface area (Å²) in [4.78, 5) is 4.41. The van der Waals surface area contributed by atoms with Gasteiger partial charge in [0, 0.05) is 24.8 Å². The molecule has 0 aromatic carbocycles. The number of rotatable bonds is 6. The molecule has 1 heterocycles. The minimum Gasteiger partial charge on any atom is -0.493 e. The van der Waals surface area contributed by atoms with Crippen LogP contribution in [-0.2, 0) is 6.54 Å². The lowest BCUT2D eigenvalue weighted by Crippen LogP contribution is -2.34. The summed E-state index contributed by atoms with van der Waals surface area (Å²) in [6.45, 7) is 3.00. The van der Waals surface area contributed by atoms with E-state index in [1.807, 2.05) is 6.07 Å². The molecule has 112 valence electrons. The molecular weight excluding hydrogens is 252 g/mol. The third kappa shape index (κ3) is 3.63. The van der Waals surface area contributed by atoms with Gasteiger partial charge in [0.25, 0.3) is 0 Å². The predicted molar refractivity (Wildman–Crippen MR) is 80.2 cm³/mol. The van der Waals surface area contributed by atoms with E-state index in [4.69, 9.17) is 9.47 Å². The van der Waals surface area contributed by atoms with Gasteiger partial charge in [-0.1, -0.05) is 19.3 Å². The number of pyridine rings is 1. The van der Waals surface area contributed by atoms with Gasteiger partial charge in [0.2, 0.25) is 0 Å². The van der Waals surface area contributed by atoms with Crippen molar-refractivity contribution >= 4 is 0 Å². The zero-order valence-electron chi connectivity index (χ0n) is 12.8. The Bertz CT molecular complexity index is 417.